The molecule has 36 heavy (non-hydrogen) atoms. The summed E-state index contributed by atoms with van der Waals surface area (Å²) in [6.45, 7) is 13.7. The Morgan fingerprint density at radius 2 is 2.00 bits per heavy atom. The third kappa shape index (κ3) is 4.91. The normalized spacial score (nSPS) is 16.4. The summed E-state index contributed by atoms with van der Waals surface area (Å²) in [5.41, 5.74) is 1.68. The number of anilines is 2. The van der Waals surface area contributed by atoms with Crippen molar-refractivity contribution < 1.29 is 9.53 Å². The van der Waals surface area contributed by atoms with E-state index in [2.05, 4.69) is 46.6 Å². The second kappa shape index (κ2) is 9.64. The number of piperazine rings is 1. The lowest BCUT2D eigenvalue weighted by atomic mass is 10.1. The van der Waals surface area contributed by atoms with Crippen LogP contribution in [-0.4, -0.2) is 74.9 Å². The van der Waals surface area contributed by atoms with Crippen LogP contribution in [0.5, 0.6) is 0 Å². The molecular formula is C26H34N8O2. The Balaban J connectivity index is 1.77. The third-order valence-corrected chi connectivity index (χ3v) is 6.37. The number of nitrogens with zero attached hydrogens (tertiary/aromatic N) is 8. The Morgan fingerprint density at radius 1 is 1.25 bits per heavy atom. The highest BCUT2D eigenvalue weighted by atomic mass is 16.6. The first-order valence-electron chi connectivity index (χ1n) is 12.2. The lowest BCUT2D eigenvalue weighted by Gasteiger charge is -2.41. The number of nitriles is 1. The van der Waals surface area contributed by atoms with E-state index < -0.39 is 5.60 Å². The van der Waals surface area contributed by atoms with Crippen molar-refractivity contribution in [3.05, 3.63) is 36.4 Å². The molecule has 1 fully saturated rings. The Bertz CT molecular complexity index is 1300. The minimum atomic E-state index is -0.535. The molecule has 0 spiro atoms. The number of fused-ring (bicyclic) bond motifs is 1. The summed E-state index contributed by atoms with van der Waals surface area (Å²) in [4.78, 5) is 32.7. The number of rotatable bonds is 4. The standard InChI is InChI=1S/C26H34N8O2/c1-17(2)31(7)20-15-34(21-12-19(13-27)8-9-28-21)24-22(20)23(29-16-30-24)33-11-10-32(14-18(33)3)25(35)36-26(4,5)6/h8-9,12,15-18H,10-11,14H2,1-7H3/t18-/m0/s1. The number of amides is 1. The van der Waals surface area contributed by atoms with Gasteiger partial charge in [-0.3, -0.25) is 4.57 Å². The summed E-state index contributed by atoms with van der Waals surface area (Å²) >= 11 is 0. The van der Waals surface area contributed by atoms with Gasteiger partial charge in [0.05, 0.1) is 22.7 Å². The van der Waals surface area contributed by atoms with Crippen LogP contribution in [-0.2, 0) is 4.74 Å². The molecule has 1 aliphatic rings. The van der Waals surface area contributed by atoms with Crippen LogP contribution in [0.4, 0.5) is 16.3 Å². The van der Waals surface area contributed by atoms with Crippen LogP contribution in [0.25, 0.3) is 16.9 Å². The molecule has 1 saturated heterocycles. The highest BCUT2D eigenvalue weighted by molar-refractivity contribution is 6.00. The van der Waals surface area contributed by atoms with E-state index in [1.54, 1.807) is 29.6 Å². The zero-order valence-electron chi connectivity index (χ0n) is 22.1. The van der Waals surface area contributed by atoms with Crippen molar-refractivity contribution >= 4 is 28.6 Å². The Labute approximate surface area is 212 Å². The average molecular weight is 491 g/mol. The van der Waals surface area contributed by atoms with Crippen LogP contribution in [0.15, 0.2) is 30.9 Å². The van der Waals surface area contributed by atoms with Gasteiger partial charge >= 0.3 is 6.09 Å². The summed E-state index contributed by atoms with van der Waals surface area (Å²) in [5, 5.41) is 10.3. The van der Waals surface area contributed by atoms with Crippen molar-refractivity contribution in [1.29, 1.82) is 5.26 Å². The predicted octanol–water partition coefficient (Wildman–Crippen LogP) is 3.98. The van der Waals surface area contributed by atoms with Gasteiger partial charge in [0, 0.05) is 51.2 Å². The largest absolute Gasteiger partial charge is 0.444 e. The molecule has 0 bridgehead atoms. The molecule has 1 atom stereocenters. The average Bonchev–Trinajstić information content (AvgIpc) is 3.22. The zero-order valence-corrected chi connectivity index (χ0v) is 22.1. The van der Waals surface area contributed by atoms with Crippen molar-refractivity contribution in [2.75, 3.05) is 36.5 Å². The van der Waals surface area contributed by atoms with E-state index in [4.69, 9.17) is 9.72 Å². The first-order valence-corrected chi connectivity index (χ1v) is 12.2. The van der Waals surface area contributed by atoms with Crippen molar-refractivity contribution in [2.45, 2.75) is 59.2 Å². The summed E-state index contributed by atoms with van der Waals surface area (Å²) in [5.74, 6) is 1.43. The molecule has 10 heteroatoms. The molecule has 0 saturated carbocycles. The first-order chi connectivity index (χ1) is 17.0. The number of carbonyl (C=O) groups excluding carboxylic acids is 1. The van der Waals surface area contributed by atoms with Gasteiger partial charge in [0.2, 0.25) is 0 Å². The number of hydrogen-bond acceptors (Lipinski definition) is 8. The van der Waals surface area contributed by atoms with Gasteiger partial charge in [-0.25, -0.2) is 19.7 Å². The molecule has 10 nitrogen and oxygen atoms in total. The van der Waals surface area contributed by atoms with E-state index in [-0.39, 0.29) is 18.2 Å². The molecule has 1 aliphatic heterocycles. The summed E-state index contributed by atoms with van der Waals surface area (Å²) in [6.07, 6.45) is 4.91. The van der Waals surface area contributed by atoms with Crippen LogP contribution >= 0.6 is 0 Å². The molecule has 0 radical (unpaired) electrons. The number of hydrogen-bond donors (Lipinski definition) is 0. The fourth-order valence-corrected chi connectivity index (χ4v) is 4.35. The number of aromatic nitrogens is 4. The highest BCUT2D eigenvalue weighted by Crippen LogP contribution is 2.37. The Morgan fingerprint density at radius 3 is 2.64 bits per heavy atom. The van der Waals surface area contributed by atoms with E-state index in [1.807, 2.05) is 38.6 Å². The quantitative estimate of drug-likeness (QED) is 0.541. The van der Waals surface area contributed by atoms with Crippen LogP contribution in [0.2, 0.25) is 0 Å². The van der Waals surface area contributed by atoms with Crippen molar-refractivity contribution in [1.82, 2.24) is 24.4 Å². The molecule has 3 aromatic rings. The van der Waals surface area contributed by atoms with Crippen LogP contribution in [0.3, 0.4) is 0 Å². The number of pyridine rings is 1. The van der Waals surface area contributed by atoms with Crippen LogP contribution in [0, 0.1) is 11.3 Å². The van der Waals surface area contributed by atoms with E-state index in [0.717, 1.165) is 16.9 Å². The predicted molar refractivity (Wildman–Crippen MR) is 140 cm³/mol. The van der Waals surface area contributed by atoms with Crippen molar-refractivity contribution in [3.8, 4) is 11.9 Å². The molecule has 0 N–H and O–H groups in total. The second-order valence-electron chi connectivity index (χ2n) is 10.5. The van der Waals surface area contributed by atoms with E-state index in [9.17, 15) is 10.1 Å². The second-order valence-corrected chi connectivity index (χ2v) is 10.5. The SMILES string of the molecule is CC(C)N(C)c1cn(-c2cc(C#N)ccn2)c2ncnc(N3CCN(C(=O)OC(C)(C)C)C[C@@H]3C)c12. The maximum absolute atomic E-state index is 12.7. The maximum Gasteiger partial charge on any atom is 0.410 e. The minimum Gasteiger partial charge on any atom is -0.444 e. The van der Waals surface area contributed by atoms with Gasteiger partial charge in [-0.1, -0.05) is 0 Å². The highest BCUT2D eigenvalue weighted by Gasteiger charge is 2.32. The smallest absolute Gasteiger partial charge is 0.410 e. The van der Waals surface area contributed by atoms with Gasteiger partial charge in [0.1, 0.15) is 23.6 Å². The molecule has 190 valence electrons. The van der Waals surface area contributed by atoms with Gasteiger partial charge in [-0.05, 0) is 53.7 Å². The number of carbonyl (C=O) groups is 1. The minimum absolute atomic E-state index is 0.0185. The zero-order chi connectivity index (χ0) is 26.2. The summed E-state index contributed by atoms with van der Waals surface area (Å²) in [6, 6.07) is 5.87. The van der Waals surface area contributed by atoms with Gasteiger partial charge in [0.15, 0.2) is 5.65 Å². The molecule has 3 aromatic heterocycles. The third-order valence-electron chi connectivity index (χ3n) is 6.37. The fraction of sp³-hybridized carbons (Fsp3) is 0.500. The maximum atomic E-state index is 12.7. The molecule has 0 aromatic carbocycles. The monoisotopic (exact) mass is 490 g/mol. The lowest BCUT2D eigenvalue weighted by Crippen LogP contribution is -2.54. The van der Waals surface area contributed by atoms with Gasteiger partial charge in [0.25, 0.3) is 0 Å². The Hall–Kier alpha value is -3.87. The van der Waals surface area contributed by atoms with Gasteiger partial charge in [-0.2, -0.15) is 5.26 Å². The molecular weight excluding hydrogens is 456 g/mol. The molecule has 1 amide bonds. The van der Waals surface area contributed by atoms with E-state index >= 15 is 0 Å². The Kier molecular flexibility index (Phi) is 6.76. The van der Waals surface area contributed by atoms with Crippen LogP contribution < -0.4 is 9.80 Å². The van der Waals surface area contributed by atoms with E-state index in [1.165, 1.54) is 0 Å². The topological polar surface area (TPSA) is 103 Å². The lowest BCUT2D eigenvalue weighted by molar-refractivity contribution is 0.0218. The first kappa shape index (κ1) is 25.2. The summed E-state index contributed by atoms with van der Waals surface area (Å²) < 4.78 is 7.50. The van der Waals surface area contributed by atoms with E-state index in [0.29, 0.717) is 36.7 Å². The molecule has 4 heterocycles. The molecule has 0 aliphatic carbocycles. The molecule has 4 rings (SSSR count). The van der Waals surface area contributed by atoms with Gasteiger partial charge < -0.3 is 19.4 Å². The van der Waals surface area contributed by atoms with Crippen LogP contribution in [0.1, 0.15) is 47.1 Å². The number of ether oxygens (including phenoxy) is 1. The molecule has 0 unspecified atom stereocenters. The van der Waals surface area contributed by atoms with Crippen molar-refractivity contribution in [2.24, 2.45) is 0 Å². The fourth-order valence-electron chi connectivity index (χ4n) is 4.35. The van der Waals surface area contributed by atoms with Gasteiger partial charge in [-0.15, -0.1) is 0 Å². The van der Waals surface area contributed by atoms with Crippen molar-refractivity contribution in [3.63, 3.8) is 0 Å². The summed E-state index contributed by atoms with van der Waals surface area (Å²) in [7, 11) is 2.05.